The van der Waals surface area contributed by atoms with Gasteiger partial charge in [-0.2, -0.15) is 0 Å². The molecular weight excluding hydrogens is 302 g/mol. The van der Waals surface area contributed by atoms with E-state index in [0.717, 1.165) is 30.8 Å². The molecule has 5 nitrogen and oxygen atoms in total. The van der Waals surface area contributed by atoms with E-state index in [1.807, 2.05) is 36.4 Å². The molecule has 2 aromatic rings. The Hall–Kier alpha value is -2.37. The van der Waals surface area contributed by atoms with Crippen LogP contribution in [0.1, 0.15) is 27.4 Å². The zero-order valence-electron chi connectivity index (χ0n) is 13.8. The van der Waals surface area contributed by atoms with Crippen LogP contribution in [0.4, 0.5) is 0 Å². The van der Waals surface area contributed by atoms with Crippen LogP contribution >= 0.6 is 0 Å². The monoisotopic (exact) mass is 325 g/mol. The van der Waals surface area contributed by atoms with Crippen molar-refractivity contribution in [3.8, 4) is 5.75 Å². The van der Waals surface area contributed by atoms with Crippen LogP contribution in [0.2, 0.25) is 0 Å². The van der Waals surface area contributed by atoms with Crippen molar-refractivity contribution in [2.45, 2.75) is 12.3 Å². The van der Waals surface area contributed by atoms with E-state index in [4.69, 9.17) is 4.74 Å². The number of hydrogen-bond donors (Lipinski definition) is 3. The number of hydrogen-bond acceptors (Lipinski definition) is 4. The van der Waals surface area contributed by atoms with Crippen molar-refractivity contribution in [3.05, 3.63) is 65.2 Å². The molecular formula is C19H23N3O2. The topological polar surface area (TPSA) is 62.4 Å². The minimum Gasteiger partial charge on any atom is -0.496 e. The molecule has 1 fully saturated rings. The second-order valence-corrected chi connectivity index (χ2v) is 5.91. The number of carbonyl (C=O) groups is 1. The lowest BCUT2D eigenvalue weighted by Gasteiger charge is -2.14. The van der Waals surface area contributed by atoms with Crippen molar-refractivity contribution >= 4 is 5.91 Å². The highest BCUT2D eigenvalue weighted by Crippen LogP contribution is 2.28. The summed E-state index contributed by atoms with van der Waals surface area (Å²) in [6, 6.07) is 15.8. The molecule has 0 spiro atoms. The van der Waals surface area contributed by atoms with Gasteiger partial charge in [0.25, 0.3) is 5.91 Å². The third-order valence-electron chi connectivity index (χ3n) is 4.30. The standard InChI is InChI=1S/C19H23N3O2/c1-24-18-11-15(7-8-17(18)16-12-21-22-13-16)19(23)20-10-9-14-5-3-2-4-6-14/h2-8,11,16,21-22H,9-10,12-13H2,1H3,(H,20,23). The van der Waals surface area contributed by atoms with E-state index >= 15 is 0 Å². The summed E-state index contributed by atoms with van der Waals surface area (Å²) in [5, 5.41) is 2.97. The van der Waals surface area contributed by atoms with Crippen LogP contribution in [0.25, 0.3) is 0 Å². The number of carbonyl (C=O) groups excluding carboxylic acids is 1. The first kappa shape index (κ1) is 16.5. The Balaban J connectivity index is 1.62. The average molecular weight is 325 g/mol. The van der Waals surface area contributed by atoms with Crippen LogP contribution in [-0.4, -0.2) is 32.7 Å². The molecule has 1 saturated heterocycles. The Morgan fingerprint density at radius 1 is 1.17 bits per heavy atom. The van der Waals surface area contributed by atoms with Gasteiger partial charge in [0.2, 0.25) is 0 Å². The first-order valence-electron chi connectivity index (χ1n) is 8.23. The highest BCUT2D eigenvalue weighted by molar-refractivity contribution is 5.94. The molecule has 126 valence electrons. The molecule has 0 saturated carbocycles. The van der Waals surface area contributed by atoms with Crippen molar-refractivity contribution in [1.82, 2.24) is 16.2 Å². The van der Waals surface area contributed by atoms with Gasteiger partial charge in [0, 0.05) is 31.1 Å². The molecule has 1 heterocycles. The van der Waals surface area contributed by atoms with Crippen LogP contribution in [0.3, 0.4) is 0 Å². The summed E-state index contributed by atoms with van der Waals surface area (Å²) in [6.45, 7) is 2.33. The maximum atomic E-state index is 12.3. The highest BCUT2D eigenvalue weighted by atomic mass is 16.5. The number of amides is 1. The van der Waals surface area contributed by atoms with Crippen LogP contribution < -0.4 is 20.9 Å². The maximum absolute atomic E-state index is 12.3. The van der Waals surface area contributed by atoms with Crippen molar-refractivity contribution in [2.75, 3.05) is 26.7 Å². The van der Waals surface area contributed by atoms with E-state index in [0.29, 0.717) is 18.0 Å². The Morgan fingerprint density at radius 3 is 2.62 bits per heavy atom. The van der Waals surface area contributed by atoms with Gasteiger partial charge in [-0.15, -0.1) is 0 Å². The Bertz CT molecular complexity index is 682. The molecule has 0 radical (unpaired) electrons. The quantitative estimate of drug-likeness (QED) is 0.759. The molecule has 1 aliphatic heterocycles. The summed E-state index contributed by atoms with van der Waals surface area (Å²) in [5.41, 5.74) is 9.20. The van der Waals surface area contributed by atoms with E-state index in [1.54, 1.807) is 7.11 Å². The summed E-state index contributed by atoms with van der Waals surface area (Å²) in [7, 11) is 1.64. The molecule has 0 aromatic heterocycles. The Labute approximate surface area is 142 Å². The van der Waals surface area contributed by atoms with Gasteiger partial charge in [0.15, 0.2) is 0 Å². The number of nitrogens with one attached hydrogen (secondary N) is 3. The second kappa shape index (κ2) is 7.95. The van der Waals surface area contributed by atoms with Gasteiger partial charge < -0.3 is 10.1 Å². The average Bonchev–Trinajstić information content (AvgIpc) is 3.16. The third-order valence-corrected chi connectivity index (χ3v) is 4.30. The van der Waals surface area contributed by atoms with Crippen LogP contribution in [0.5, 0.6) is 5.75 Å². The zero-order chi connectivity index (χ0) is 16.8. The number of rotatable bonds is 6. The van der Waals surface area contributed by atoms with Crippen LogP contribution in [0, 0.1) is 0 Å². The van der Waals surface area contributed by atoms with Gasteiger partial charge in [0.1, 0.15) is 5.75 Å². The smallest absolute Gasteiger partial charge is 0.251 e. The molecule has 1 aliphatic rings. The lowest BCUT2D eigenvalue weighted by atomic mass is 9.97. The number of benzene rings is 2. The first-order valence-corrected chi connectivity index (χ1v) is 8.23. The van der Waals surface area contributed by atoms with E-state index in [2.05, 4.69) is 28.3 Å². The summed E-state index contributed by atoms with van der Waals surface area (Å²) in [6.07, 6.45) is 0.821. The predicted molar refractivity (Wildman–Crippen MR) is 94.2 cm³/mol. The van der Waals surface area contributed by atoms with Crippen molar-refractivity contribution in [2.24, 2.45) is 0 Å². The normalized spacial score (nSPS) is 14.5. The Morgan fingerprint density at radius 2 is 1.92 bits per heavy atom. The summed E-state index contributed by atoms with van der Waals surface area (Å²) < 4.78 is 5.49. The molecule has 5 heteroatoms. The summed E-state index contributed by atoms with van der Waals surface area (Å²) in [5.74, 6) is 1.05. The fourth-order valence-corrected chi connectivity index (χ4v) is 2.94. The maximum Gasteiger partial charge on any atom is 0.251 e. The second-order valence-electron chi connectivity index (χ2n) is 5.91. The minimum atomic E-state index is -0.0709. The lowest BCUT2D eigenvalue weighted by Crippen LogP contribution is -2.25. The number of methoxy groups -OCH3 is 1. The van der Waals surface area contributed by atoms with Gasteiger partial charge in [-0.05, 0) is 29.7 Å². The number of ether oxygens (including phenoxy) is 1. The van der Waals surface area contributed by atoms with Gasteiger partial charge >= 0.3 is 0 Å². The molecule has 24 heavy (non-hydrogen) atoms. The van der Waals surface area contributed by atoms with E-state index in [1.165, 1.54) is 5.56 Å². The van der Waals surface area contributed by atoms with Crippen molar-refractivity contribution in [3.63, 3.8) is 0 Å². The summed E-state index contributed by atoms with van der Waals surface area (Å²) in [4.78, 5) is 12.3. The molecule has 0 unspecified atom stereocenters. The van der Waals surface area contributed by atoms with Gasteiger partial charge in [-0.25, -0.2) is 0 Å². The van der Waals surface area contributed by atoms with Gasteiger partial charge in [-0.3, -0.25) is 15.6 Å². The van der Waals surface area contributed by atoms with Crippen molar-refractivity contribution in [1.29, 1.82) is 0 Å². The minimum absolute atomic E-state index is 0.0709. The molecule has 0 bridgehead atoms. The van der Waals surface area contributed by atoms with E-state index in [9.17, 15) is 4.79 Å². The third kappa shape index (κ3) is 3.93. The lowest BCUT2D eigenvalue weighted by molar-refractivity contribution is 0.0953. The van der Waals surface area contributed by atoms with Crippen molar-refractivity contribution < 1.29 is 9.53 Å². The molecule has 2 aromatic carbocycles. The molecule has 0 atom stereocenters. The largest absolute Gasteiger partial charge is 0.496 e. The SMILES string of the molecule is COc1cc(C(=O)NCCc2ccccc2)ccc1C1CNNC1. The van der Waals surface area contributed by atoms with Crippen LogP contribution in [0.15, 0.2) is 48.5 Å². The molecule has 0 aliphatic carbocycles. The molecule has 3 N–H and O–H groups in total. The zero-order valence-corrected chi connectivity index (χ0v) is 13.8. The molecule has 3 rings (SSSR count). The van der Waals surface area contributed by atoms with Gasteiger partial charge in [0.05, 0.1) is 7.11 Å². The fraction of sp³-hybridized carbons (Fsp3) is 0.316. The molecule has 1 amide bonds. The van der Waals surface area contributed by atoms with Crippen LogP contribution in [-0.2, 0) is 6.42 Å². The van der Waals surface area contributed by atoms with E-state index < -0.39 is 0 Å². The first-order chi connectivity index (χ1) is 11.8. The Kier molecular flexibility index (Phi) is 5.46. The fourth-order valence-electron chi connectivity index (χ4n) is 2.94. The number of hydrazine groups is 1. The van der Waals surface area contributed by atoms with Gasteiger partial charge in [-0.1, -0.05) is 36.4 Å². The highest BCUT2D eigenvalue weighted by Gasteiger charge is 2.21. The summed E-state index contributed by atoms with van der Waals surface area (Å²) >= 11 is 0. The predicted octanol–water partition coefficient (Wildman–Crippen LogP) is 1.86. The van der Waals surface area contributed by atoms with E-state index in [-0.39, 0.29) is 5.91 Å².